The van der Waals surface area contributed by atoms with Crippen LogP contribution in [-0.4, -0.2) is 45.8 Å². The van der Waals surface area contributed by atoms with Crippen molar-refractivity contribution >= 4 is 52.2 Å². The molecule has 1 aliphatic rings. The fourth-order valence-electron chi connectivity index (χ4n) is 2.65. The van der Waals surface area contributed by atoms with Gasteiger partial charge in [0.05, 0.1) is 24.0 Å². The molecular formula is C21H16FNO6S2. The Kier molecular flexibility index (Phi) is 7.03. The van der Waals surface area contributed by atoms with Crippen LogP contribution in [0.15, 0.2) is 47.4 Å². The molecule has 0 radical (unpaired) electrons. The van der Waals surface area contributed by atoms with Gasteiger partial charge in [-0.15, -0.1) is 0 Å². The standard InChI is InChI=1S/C21H16FNO6S2/c1-28-16-10-12(11-17-19(26)23(21(30)31-17)9-8-18(24)25)2-7-15(16)29-20(27)13-3-5-14(22)6-4-13/h2-7,10-11H,8-9H2,1H3,(H,24,25)/b17-11-. The number of carbonyl (C=O) groups excluding carboxylic acids is 2. The molecule has 0 atom stereocenters. The molecular weight excluding hydrogens is 445 g/mol. The van der Waals surface area contributed by atoms with Crippen molar-refractivity contribution in [3.8, 4) is 11.5 Å². The first-order valence-electron chi connectivity index (χ1n) is 8.91. The number of thioether (sulfide) groups is 1. The number of ether oxygens (including phenoxy) is 2. The number of esters is 1. The number of thiocarbonyl (C=S) groups is 1. The lowest BCUT2D eigenvalue weighted by Crippen LogP contribution is -2.30. The minimum absolute atomic E-state index is 0.00106. The molecule has 0 aliphatic carbocycles. The Morgan fingerprint density at radius 3 is 2.55 bits per heavy atom. The number of nitrogens with zero attached hydrogens (tertiary/aromatic N) is 1. The van der Waals surface area contributed by atoms with Gasteiger partial charge in [0.2, 0.25) is 0 Å². The van der Waals surface area contributed by atoms with Crippen molar-refractivity contribution in [3.05, 3.63) is 64.3 Å². The number of aliphatic carboxylic acids is 1. The van der Waals surface area contributed by atoms with Gasteiger partial charge in [0.15, 0.2) is 11.5 Å². The lowest BCUT2D eigenvalue weighted by atomic mass is 10.1. The van der Waals surface area contributed by atoms with Crippen LogP contribution in [0.2, 0.25) is 0 Å². The van der Waals surface area contributed by atoms with E-state index in [1.807, 2.05) is 0 Å². The number of methoxy groups -OCH3 is 1. The molecule has 1 saturated heterocycles. The van der Waals surface area contributed by atoms with Crippen molar-refractivity contribution in [1.29, 1.82) is 0 Å². The summed E-state index contributed by atoms with van der Waals surface area (Å²) >= 11 is 6.24. The summed E-state index contributed by atoms with van der Waals surface area (Å²) in [6.07, 6.45) is 1.38. The first-order chi connectivity index (χ1) is 14.8. The van der Waals surface area contributed by atoms with Crippen LogP contribution in [0.3, 0.4) is 0 Å². The summed E-state index contributed by atoms with van der Waals surface area (Å²) in [5.41, 5.74) is 0.773. The summed E-state index contributed by atoms with van der Waals surface area (Å²) in [4.78, 5) is 37.1. The number of halogens is 1. The van der Waals surface area contributed by atoms with Gasteiger partial charge in [-0.2, -0.15) is 0 Å². The number of carboxylic acids is 1. The van der Waals surface area contributed by atoms with Crippen molar-refractivity contribution in [3.63, 3.8) is 0 Å². The average Bonchev–Trinajstić information content (AvgIpc) is 3.00. The van der Waals surface area contributed by atoms with Gasteiger partial charge in [-0.1, -0.05) is 30.0 Å². The third-order valence-corrected chi connectivity index (χ3v) is 5.57. The third-order valence-electron chi connectivity index (χ3n) is 4.19. The molecule has 2 aromatic carbocycles. The Morgan fingerprint density at radius 1 is 1.19 bits per heavy atom. The van der Waals surface area contributed by atoms with E-state index < -0.39 is 17.8 Å². The van der Waals surface area contributed by atoms with Gasteiger partial charge in [0, 0.05) is 6.54 Å². The van der Waals surface area contributed by atoms with E-state index in [1.54, 1.807) is 18.2 Å². The van der Waals surface area contributed by atoms with E-state index in [0.717, 1.165) is 23.9 Å². The van der Waals surface area contributed by atoms with E-state index in [1.165, 1.54) is 30.2 Å². The van der Waals surface area contributed by atoms with Gasteiger partial charge in [-0.25, -0.2) is 9.18 Å². The molecule has 1 fully saturated rings. The van der Waals surface area contributed by atoms with Gasteiger partial charge >= 0.3 is 11.9 Å². The minimum Gasteiger partial charge on any atom is -0.493 e. The van der Waals surface area contributed by atoms with Gasteiger partial charge in [0.25, 0.3) is 5.91 Å². The molecule has 3 rings (SSSR count). The van der Waals surface area contributed by atoms with E-state index in [2.05, 4.69) is 0 Å². The zero-order valence-corrected chi connectivity index (χ0v) is 17.8. The zero-order valence-electron chi connectivity index (χ0n) is 16.2. The normalized spacial score (nSPS) is 14.8. The molecule has 1 heterocycles. The van der Waals surface area contributed by atoms with Gasteiger partial charge in [0.1, 0.15) is 10.1 Å². The zero-order chi connectivity index (χ0) is 22.5. The number of benzene rings is 2. The predicted molar refractivity (Wildman–Crippen MR) is 116 cm³/mol. The van der Waals surface area contributed by atoms with Gasteiger partial charge < -0.3 is 14.6 Å². The van der Waals surface area contributed by atoms with Crippen LogP contribution >= 0.6 is 24.0 Å². The van der Waals surface area contributed by atoms with E-state index in [0.29, 0.717) is 10.5 Å². The summed E-state index contributed by atoms with van der Waals surface area (Å²) in [6.45, 7) is -0.00106. The maximum Gasteiger partial charge on any atom is 0.343 e. The smallest absolute Gasteiger partial charge is 0.343 e. The van der Waals surface area contributed by atoms with Crippen LogP contribution in [0.1, 0.15) is 22.3 Å². The highest BCUT2D eigenvalue weighted by atomic mass is 32.2. The van der Waals surface area contributed by atoms with E-state index in [-0.39, 0.29) is 40.3 Å². The highest BCUT2D eigenvalue weighted by Crippen LogP contribution is 2.35. The molecule has 1 N–H and O–H groups in total. The molecule has 160 valence electrons. The maximum absolute atomic E-state index is 13.0. The van der Waals surface area contributed by atoms with Crippen LogP contribution in [0.4, 0.5) is 4.39 Å². The van der Waals surface area contributed by atoms with Gasteiger partial charge in [-0.05, 0) is 48.0 Å². The second kappa shape index (κ2) is 9.71. The second-order valence-electron chi connectivity index (χ2n) is 6.28. The summed E-state index contributed by atoms with van der Waals surface area (Å²) in [7, 11) is 1.40. The Bertz CT molecular complexity index is 1080. The first-order valence-corrected chi connectivity index (χ1v) is 10.1. The molecule has 0 bridgehead atoms. The monoisotopic (exact) mass is 461 g/mol. The highest BCUT2D eigenvalue weighted by Gasteiger charge is 2.32. The Morgan fingerprint density at radius 2 is 1.90 bits per heavy atom. The van der Waals surface area contributed by atoms with Crippen molar-refractivity contribution in [1.82, 2.24) is 4.90 Å². The molecule has 0 saturated carbocycles. The third kappa shape index (κ3) is 5.47. The number of rotatable bonds is 7. The highest BCUT2D eigenvalue weighted by molar-refractivity contribution is 8.26. The fraction of sp³-hybridized carbons (Fsp3) is 0.143. The van der Waals surface area contributed by atoms with E-state index >= 15 is 0 Å². The van der Waals surface area contributed by atoms with Crippen LogP contribution in [0.5, 0.6) is 11.5 Å². The molecule has 2 aromatic rings. The predicted octanol–water partition coefficient (Wildman–Crippen LogP) is 3.73. The number of carboxylic acid groups (broad SMARTS) is 1. The van der Waals surface area contributed by atoms with Crippen molar-refractivity contribution in [2.75, 3.05) is 13.7 Å². The average molecular weight is 461 g/mol. The van der Waals surface area contributed by atoms with Crippen molar-refractivity contribution in [2.24, 2.45) is 0 Å². The summed E-state index contributed by atoms with van der Waals surface area (Å²) < 4.78 is 23.9. The van der Waals surface area contributed by atoms with Gasteiger partial charge in [-0.3, -0.25) is 14.5 Å². The fourth-order valence-corrected chi connectivity index (χ4v) is 3.96. The largest absolute Gasteiger partial charge is 0.493 e. The number of hydrogen-bond acceptors (Lipinski definition) is 7. The Balaban J connectivity index is 1.77. The molecule has 1 aliphatic heterocycles. The molecule has 31 heavy (non-hydrogen) atoms. The number of amides is 1. The lowest BCUT2D eigenvalue weighted by molar-refractivity contribution is -0.137. The quantitative estimate of drug-likeness (QED) is 0.289. The SMILES string of the molecule is COc1cc(/C=C2\SC(=S)N(CCC(=O)O)C2=O)ccc1OC(=O)c1ccc(F)cc1. The molecule has 0 aromatic heterocycles. The summed E-state index contributed by atoms with van der Waals surface area (Å²) in [5, 5.41) is 8.81. The van der Waals surface area contributed by atoms with Crippen molar-refractivity contribution < 1.29 is 33.4 Å². The molecule has 0 spiro atoms. The summed E-state index contributed by atoms with van der Waals surface area (Å²) in [5.74, 6) is -2.12. The molecule has 10 heteroatoms. The first kappa shape index (κ1) is 22.4. The Hall–Kier alpha value is -3.24. The Labute approximate surface area is 186 Å². The van der Waals surface area contributed by atoms with Crippen LogP contribution in [0.25, 0.3) is 6.08 Å². The van der Waals surface area contributed by atoms with E-state index in [4.69, 9.17) is 26.8 Å². The van der Waals surface area contributed by atoms with Crippen LogP contribution in [0, 0.1) is 5.82 Å². The van der Waals surface area contributed by atoms with Crippen LogP contribution in [-0.2, 0) is 9.59 Å². The molecule has 0 unspecified atom stereocenters. The summed E-state index contributed by atoms with van der Waals surface area (Å²) in [6, 6.07) is 9.65. The topological polar surface area (TPSA) is 93.1 Å². The molecule has 7 nitrogen and oxygen atoms in total. The van der Waals surface area contributed by atoms with E-state index in [9.17, 15) is 18.8 Å². The minimum atomic E-state index is -1.02. The maximum atomic E-state index is 13.0. The second-order valence-corrected chi connectivity index (χ2v) is 7.96. The lowest BCUT2D eigenvalue weighted by Gasteiger charge is -2.12. The van der Waals surface area contributed by atoms with Crippen molar-refractivity contribution in [2.45, 2.75) is 6.42 Å². The number of hydrogen-bond donors (Lipinski definition) is 1. The van der Waals surface area contributed by atoms with Crippen LogP contribution < -0.4 is 9.47 Å². The molecule has 1 amide bonds. The number of carbonyl (C=O) groups is 3.